The maximum Gasteiger partial charge on any atom is 0.270 e. The number of carbonyl (C=O) groups is 1. The van der Waals surface area contributed by atoms with Crippen molar-refractivity contribution >= 4 is 22.5 Å². The highest BCUT2D eigenvalue weighted by Crippen LogP contribution is 2.28. The van der Waals surface area contributed by atoms with Crippen molar-refractivity contribution in [2.24, 2.45) is 0 Å². The Bertz CT molecular complexity index is 981. The number of aromatic nitrogens is 1. The van der Waals surface area contributed by atoms with Crippen LogP contribution in [0.2, 0.25) is 0 Å². The molecule has 0 saturated carbocycles. The van der Waals surface area contributed by atoms with Gasteiger partial charge in [-0.05, 0) is 37.3 Å². The lowest BCUT2D eigenvalue weighted by Crippen LogP contribution is -2.35. The van der Waals surface area contributed by atoms with Crippen molar-refractivity contribution in [1.29, 1.82) is 0 Å². The van der Waals surface area contributed by atoms with Crippen LogP contribution in [-0.4, -0.2) is 33.3 Å². The summed E-state index contributed by atoms with van der Waals surface area (Å²) in [6.07, 6.45) is 5.53. The topological polar surface area (TPSA) is 79.2 Å². The number of nitrogens with one attached hydrogen (secondary N) is 1. The van der Waals surface area contributed by atoms with Crippen LogP contribution in [0.3, 0.4) is 0 Å². The van der Waals surface area contributed by atoms with E-state index in [1.165, 1.54) is 17.7 Å². The summed E-state index contributed by atoms with van der Waals surface area (Å²) in [6, 6.07) is 15.1. The number of aryl methyl sites for hydroxylation is 1. The number of nitro benzene ring substituents is 1. The molecule has 6 nitrogen and oxygen atoms in total. The number of amides is 1. The van der Waals surface area contributed by atoms with Gasteiger partial charge in [0.25, 0.3) is 11.6 Å². The van der Waals surface area contributed by atoms with E-state index in [2.05, 4.69) is 17.1 Å². The molecule has 1 fully saturated rings. The molecule has 1 aromatic heterocycles. The fourth-order valence-corrected chi connectivity index (χ4v) is 3.93. The van der Waals surface area contributed by atoms with Crippen molar-refractivity contribution in [1.82, 2.24) is 9.88 Å². The number of benzene rings is 2. The van der Waals surface area contributed by atoms with Crippen molar-refractivity contribution < 1.29 is 9.72 Å². The third-order valence-corrected chi connectivity index (χ3v) is 5.35. The zero-order valence-corrected chi connectivity index (χ0v) is 14.9. The van der Waals surface area contributed by atoms with Crippen LogP contribution in [0.1, 0.15) is 35.2 Å². The van der Waals surface area contributed by atoms with Crippen LogP contribution in [0, 0.1) is 10.1 Å². The molecule has 1 saturated heterocycles. The zero-order valence-electron chi connectivity index (χ0n) is 14.9. The van der Waals surface area contributed by atoms with Gasteiger partial charge in [0.2, 0.25) is 0 Å². The first-order chi connectivity index (χ1) is 13.1. The monoisotopic (exact) mass is 363 g/mol. The minimum Gasteiger partial charge on any atom is -0.360 e. The summed E-state index contributed by atoms with van der Waals surface area (Å²) in [7, 11) is 0. The smallest absolute Gasteiger partial charge is 0.270 e. The summed E-state index contributed by atoms with van der Waals surface area (Å²) in [5.74, 6) is -0.0442. The molecule has 2 heterocycles. The minimum atomic E-state index is -0.431. The maximum atomic E-state index is 13.2. The molecular formula is C21H21N3O3. The van der Waals surface area contributed by atoms with Gasteiger partial charge in [-0.1, -0.05) is 30.3 Å². The van der Waals surface area contributed by atoms with Gasteiger partial charge in [-0.2, -0.15) is 0 Å². The van der Waals surface area contributed by atoms with Crippen molar-refractivity contribution in [2.75, 3.05) is 6.54 Å². The van der Waals surface area contributed by atoms with Crippen molar-refractivity contribution in [2.45, 2.75) is 31.7 Å². The number of carbonyl (C=O) groups excluding carboxylic acids is 1. The van der Waals surface area contributed by atoms with E-state index >= 15 is 0 Å². The Kier molecular flexibility index (Phi) is 4.62. The summed E-state index contributed by atoms with van der Waals surface area (Å²) >= 11 is 0. The molecular weight excluding hydrogens is 342 g/mol. The molecule has 1 unspecified atom stereocenters. The molecule has 2 aromatic carbocycles. The second-order valence-electron chi connectivity index (χ2n) is 7.01. The highest BCUT2D eigenvalue weighted by Gasteiger charge is 2.30. The number of nitrogens with zero attached hydrogens (tertiary/aromatic N) is 2. The fourth-order valence-electron chi connectivity index (χ4n) is 3.93. The number of likely N-dealkylation sites (tertiary alicyclic amines) is 1. The van der Waals surface area contributed by atoms with Gasteiger partial charge < -0.3 is 9.88 Å². The average molecular weight is 363 g/mol. The van der Waals surface area contributed by atoms with Crippen molar-refractivity contribution in [3.05, 3.63) is 76.0 Å². The molecule has 1 amide bonds. The third-order valence-electron chi connectivity index (χ3n) is 5.35. The van der Waals surface area contributed by atoms with E-state index in [1.807, 2.05) is 23.1 Å². The SMILES string of the molecule is O=C(c1c[nH]c2ccc([N+](=O)[O-])cc12)N1CCCC1CCc1ccccc1. The molecule has 1 N–H and O–H groups in total. The standard InChI is InChI=1S/C21H21N3O3/c25-21(19-14-22-20-11-10-17(24(26)27)13-18(19)20)23-12-4-7-16(23)9-8-15-5-2-1-3-6-15/h1-3,5-6,10-11,13-14,16,22H,4,7-9,12H2. The quantitative estimate of drug-likeness (QED) is 0.542. The Morgan fingerprint density at radius 1 is 1.22 bits per heavy atom. The number of nitro groups is 1. The Morgan fingerprint density at radius 2 is 2.04 bits per heavy atom. The molecule has 1 atom stereocenters. The van der Waals surface area contributed by atoms with Crippen LogP contribution in [0.5, 0.6) is 0 Å². The predicted octanol–water partition coefficient (Wildman–Crippen LogP) is 4.31. The van der Waals surface area contributed by atoms with Crippen LogP contribution in [0.25, 0.3) is 10.9 Å². The normalized spacial score (nSPS) is 16.7. The van der Waals surface area contributed by atoms with Gasteiger partial charge >= 0.3 is 0 Å². The van der Waals surface area contributed by atoms with Gasteiger partial charge in [-0.15, -0.1) is 0 Å². The lowest BCUT2D eigenvalue weighted by molar-refractivity contribution is -0.384. The molecule has 6 heteroatoms. The molecule has 0 radical (unpaired) electrons. The Balaban J connectivity index is 1.55. The van der Waals surface area contributed by atoms with Crippen LogP contribution in [0.4, 0.5) is 5.69 Å². The highest BCUT2D eigenvalue weighted by atomic mass is 16.6. The van der Waals surface area contributed by atoms with Crippen molar-refractivity contribution in [3.8, 4) is 0 Å². The number of fused-ring (bicyclic) bond motifs is 1. The molecule has 0 aliphatic carbocycles. The van der Waals surface area contributed by atoms with Gasteiger partial charge in [0.15, 0.2) is 0 Å². The fraction of sp³-hybridized carbons (Fsp3) is 0.286. The van der Waals surface area contributed by atoms with Gasteiger partial charge in [0, 0.05) is 41.8 Å². The lowest BCUT2D eigenvalue weighted by atomic mass is 10.0. The number of rotatable bonds is 5. The number of hydrogen-bond acceptors (Lipinski definition) is 3. The molecule has 0 spiro atoms. The molecule has 0 bridgehead atoms. The number of H-pyrrole nitrogens is 1. The zero-order chi connectivity index (χ0) is 18.8. The Labute approximate surface area is 157 Å². The van der Waals surface area contributed by atoms with Gasteiger partial charge in [0.05, 0.1) is 10.5 Å². The summed E-state index contributed by atoms with van der Waals surface area (Å²) in [5, 5.41) is 11.7. The van der Waals surface area contributed by atoms with Gasteiger partial charge in [0.1, 0.15) is 0 Å². The van der Waals surface area contributed by atoms with Crippen LogP contribution >= 0.6 is 0 Å². The maximum absolute atomic E-state index is 13.2. The minimum absolute atomic E-state index is 0.00167. The van der Waals surface area contributed by atoms with E-state index in [-0.39, 0.29) is 17.6 Å². The van der Waals surface area contributed by atoms with Gasteiger partial charge in [-0.25, -0.2) is 0 Å². The molecule has 4 rings (SSSR count). The number of hydrogen-bond donors (Lipinski definition) is 1. The molecule has 27 heavy (non-hydrogen) atoms. The largest absolute Gasteiger partial charge is 0.360 e. The third kappa shape index (κ3) is 3.43. The lowest BCUT2D eigenvalue weighted by Gasteiger charge is -2.24. The van der Waals surface area contributed by atoms with Crippen LogP contribution in [-0.2, 0) is 6.42 Å². The van der Waals surface area contributed by atoms with E-state index in [1.54, 1.807) is 12.3 Å². The van der Waals surface area contributed by atoms with Gasteiger partial charge in [-0.3, -0.25) is 14.9 Å². The van der Waals surface area contributed by atoms with Crippen molar-refractivity contribution in [3.63, 3.8) is 0 Å². The van der Waals surface area contributed by atoms with Crippen LogP contribution in [0.15, 0.2) is 54.7 Å². The van der Waals surface area contributed by atoms with Crippen LogP contribution < -0.4 is 0 Å². The average Bonchev–Trinajstić information content (AvgIpc) is 3.33. The molecule has 138 valence electrons. The predicted molar refractivity (Wildman–Crippen MR) is 104 cm³/mol. The number of non-ortho nitro benzene ring substituents is 1. The van der Waals surface area contributed by atoms with E-state index in [0.29, 0.717) is 10.9 Å². The Morgan fingerprint density at radius 3 is 2.81 bits per heavy atom. The molecule has 1 aliphatic heterocycles. The highest BCUT2D eigenvalue weighted by molar-refractivity contribution is 6.07. The summed E-state index contributed by atoms with van der Waals surface area (Å²) in [6.45, 7) is 0.736. The van der Waals surface area contributed by atoms with E-state index in [0.717, 1.165) is 37.7 Å². The summed E-state index contributed by atoms with van der Waals surface area (Å²) < 4.78 is 0. The molecule has 1 aliphatic rings. The second-order valence-corrected chi connectivity index (χ2v) is 7.01. The Hall–Kier alpha value is -3.15. The first-order valence-electron chi connectivity index (χ1n) is 9.24. The first-order valence-corrected chi connectivity index (χ1v) is 9.24. The first kappa shape index (κ1) is 17.3. The summed E-state index contributed by atoms with van der Waals surface area (Å²) in [4.78, 5) is 28.8. The molecule has 3 aromatic rings. The second kappa shape index (κ2) is 7.23. The number of aromatic amines is 1. The van der Waals surface area contributed by atoms with E-state index in [4.69, 9.17) is 0 Å². The summed E-state index contributed by atoms with van der Waals surface area (Å²) in [5.41, 5.74) is 2.53. The van der Waals surface area contributed by atoms with E-state index in [9.17, 15) is 14.9 Å². The van der Waals surface area contributed by atoms with E-state index < -0.39 is 4.92 Å².